The molecule has 18 heavy (non-hydrogen) atoms. The van der Waals surface area contributed by atoms with Crippen LogP contribution in [0.4, 0.5) is 18.9 Å². The van der Waals surface area contributed by atoms with E-state index in [0.29, 0.717) is 24.7 Å². The first kappa shape index (κ1) is 12.7. The van der Waals surface area contributed by atoms with Gasteiger partial charge in [0, 0.05) is 12.1 Å². The van der Waals surface area contributed by atoms with Crippen molar-refractivity contribution in [3.63, 3.8) is 0 Å². The molecule has 1 aliphatic rings. The van der Waals surface area contributed by atoms with E-state index in [0.717, 1.165) is 6.92 Å². The first-order chi connectivity index (χ1) is 8.38. The van der Waals surface area contributed by atoms with Gasteiger partial charge in [-0.05, 0) is 6.92 Å². The summed E-state index contributed by atoms with van der Waals surface area (Å²) in [6.07, 6.45) is -6.39. The van der Waals surface area contributed by atoms with Crippen LogP contribution >= 0.6 is 0 Å². The highest BCUT2D eigenvalue weighted by Crippen LogP contribution is 2.39. The van der Waals surface area contributed by atoms with E-state index in [1.165, 1.54) is 12.1 Å². The van der Waals surface area contributed by atoms with Crippen molar-refractivity contribution in [1.29, 1.82) is 0 Å². The van der Waals surface area contributed by atoms with Crippen LogP contribution in [0.3, 0.4) is 0 Å². The number of ether oxygens (including phenoxy) is 3. The second-order valence-electron chi connectivity index (χ2n) is 3.84. The molecule has 1 unspecified atom stereocenters. The van der Waals surface area contributed by atoms with Crippen LogP contribution < -0.4 is 19.9 Å². The lowest BCUT2D eigenvalue weighted by Gasteiger charge is -2.22. The first-order valence-corrected chi connectivity index (χ1v) is 5.30. The van der Waals surface area contributed by atoms with Gasteiger partial charge in [-0.1, -0.05) is 0 Å². The van der Waals surface area contributed by atoms with Crippen LogP contribution in [-0.2, 0) is 0 Å². The molecular formula is C11H12F3NO3. The second-order valence-corrected chi connectivity index (χ2v) is 3.84. The van der Waals surface area contributed by atoms with Gasteiger partial charge in [0.05, 0.1) is 5.69 Å². The Kier molecular flexibility index (Phi) is 3.14. The lowest BCUT2D eigenvalue weighted by molar-refractivity contribution is -0.189. The van der Waals surface area contributed by atoms with Crippen molar-refractivity contribution >= 4 is 5.69 Å². The van der Waals surface area contributed by atoms with Crippen LogP contribution in [0.1, 0.15) is 6.92 Å². The highest BCUT2D eigenvalue weighted by molar-refractivity contribution is 5.62. The first-order valence-electron chi connectivity index (χ1n) is 5.30. The zero-order valence-corrected chi connectivity index (χ0v) is 9.58. The number of nitrogens with two attached hydrogens (primary N) is 1. The number of anilines is 1. The van der Waals surface area contributed by atoms with Crippen molar-refractivity contribution in [2.75, 3.05) is 18.9 Å². The van der Waals surface area contributed by atoms with Crippen molar-refractivity contribution < 1.29 is 27.4 Å². The summed E-state index contributed by atoms with van der Waals surface area (Å²) in [6.45, 7) is 1.63. The number of fused-ring (bicyclic) bond motifs is 1. The molecule has 0 fully saturated rings. The molecule has 0 aromatic heterocycles. The highest BCUT2D eigenvalue weighted by atomic mass is 19.4. The SMILES string of the molecule is CC(Oc1cc2c(cc1N)OCCO2)C(F)(F)F. The summed E-state index contributed by atoms with van der Waals surface area (Å²) < 4.78 is 52.4. The van der Waals surface area contributed by atoms with Crippen LogP contribution in [0, 0.1) is 0 Å². The molecule has 2 N–H and O–H groups in total. The summed E-state index contributed by atoms with van der Waals surface area (Å²) in [5.74, 6) is 0.676. The number of benzene rings is 1. The molecule has 0 amide bonds. The van der Waals surface area contributed by atoms with Crippen LogP contribution in [0.25, 0.3) is 0 Å². The summed E-state index contributed by atoms with van der Waals surface area (Å²) >= 11 is 0. The summed E-state index contributed by atoms with van der Waals surface area (Å²) in [6, 6.07) is 2.71. The molecule has 0 bridgehead atoms. The van der Waals surface area contributed by atoms with E-state index < -0.39 is 12.3 Å². The Balaban J connectivity index is 2.23. The minimum Gasteiger partial charge on any atom is -0.486 e. The molecule has 7 heteroatoms. The van der Waals surface area contributed by atoms with Gasteiger partial charge in [0.15, 0.2) is 17.6 Å². The molecule has 1 aromatic carbocycles. The fraction of sp³-hybridized carbons (Fsp3) is 0.455. The fourth-order valence-electron chi connectivity index (χ4n) is 1.45. The molecule has 0 spiro atoms. The summed E-state index contributed by atoms with van der Waals surface area (Å²) in [5, 5.41) is 0. The standard InChI is InChI=1S/C11H12F3NO3/c1-6(11(12,13)14)18-8-5-10-9(4-7(8)15)16-2-3-17-10/h4-6H,2-3,15H2,1H3. The van der Waals surface area contributed by atoms with Gasteiger partial charge in [-0.2, -0.15) is 13.2 Å². The van der Waals surface area contributed by atoms with E-state index in [9.17, 15) is 13.2 Å². The number of alkyl halides is 3. The Morgan fingerprint density at radius 3 is 2.33 bits per heavy atom. The van der Waals surface area contributed by atoms with Gasteiger partial charge in [0.25, 0.3) is 0 Å². The highest BCUT2D eigenvalue weighted by Gasteiger charge is 2.38. The zero-order chi connectivity index (χ0) is 13.3. The number of hydrogen-bond donors (Lipinski definition) is 1. The molecular weight excluding hydrogens is 251 g/mol. The van der Waals surface area contributed by atoms with E-state index in [4.69, 9.17) is 19.9 Å². The summed E-state index contributed by atoms with van der Waals surface area (Å²) in [5.41, 5.74) is 5.69. The van der Waals surface area contributed by atoms with Crippen molar-refractivity contribution in [3.05, 3.63) is 12.1 Å². The third-order valence-corrected chi connectivity index (χ3v) is 2.44. The maximum atomic E-state index is 12.4. The number of hydrogen-bond acceptors (Lipinski definition) is 4. The van der Waals surface area contributed by atoms with Crippen LogP contribution in [-0.4, -0.2) is 25.5 Å². The van der Waals surface area contributed by atoms with Gasteiger partial charge in [-0.3, -0.25) is 0 Å². The lowest BCUT2D eigenvalue weighted by Crippen LogP contribution is -2.31. The Hall–Kier alpha value is -1.79. The van der Waals surface area contributed by atoms with Crippen molar-refractivity contribution in [2.24, 2.45) is 0 Å². The lowest BCUT2D eigenvalue weighted by atomic mass is 10.2. The molecule has 4 nitrogen and oxygen atoms in total. The van der Waals surface area contributed by atoms with Crippen molar-refractivity contribution in [1.82, 2.24) is 0 Å². The molecule has 0 radical (unpaired) electrons. The number of nitrogen functional groups attached to an aromatic ring is 1. The smallest absolute Gasteiger partial charge is 0.425 e. The maximum absolute atomic E-state index is 12.4. The van der Waals surface area contributed by atoms with Crippen LogP contribution in [0.5, 0.6) is 17.2 Å². The average Bonchev–Trinajstić information content (AvgIpc) is 2.28. The van der Waals surface area contributed by atoms with E-state index >= 15 is 0 Å². The van der Waals surface area contributed by atoms with E-state index in [2.05, 4.69) is 0 Å². The van der Waals surface area contributed by atoms with Gasteiger partial charge in [0.1, 0.15) is 19.0 Å². The third-order valence-electron chi connectivity index (χ3n) is 2.44. The Morgan fingerprint density at radius 2 is 1.78 bits per heavy atom. The second kappa shape index (κ2) is 4.47. The quantitative estimate of drug-likeness (QED) is 0.832. The van der Waals surface area contributed by atoms with Crippen LogP contribution in [0.2, 0.25) is 0 Å². The molecule has 100 valence electrons. The predicted molar refractivity (Wildman–Crippen MR) is 58.0 cm³/mol. The average molecular weight is 263 g/mol. The largest absolute Gasteiger partial charge is 0.486 e. The van der Waals surface area contributed by atoms with Crippen LogP contribution in [0.15, 0.2) is 12.1 Å². The minimum absolute atomic E-state index is 0.0657. The van der Waals surface area contributed by atoms with E-state index in [1.807, 2.05) is 0 Å². The molecule has 1 heterocycles. The monoisotopic (exact) mass is 263 g/mol. The number of rotatable bonds is 2. The summed E-state index contributed by atoms with van der Waals surface area (Å²) in [7, 11) is 0. The molecule has 1 atom stereocenters. The molecule has 1 aromatic rings. The Morgan fingerprint density at radius 1 is 1.22 bits per heavy atom. The Labute approximate surface area is 101 Å². The van der Waals surface area contributed by atoms with E-state index in [1.54, 1.807) is 0 Å². The van der Waals surface area contributed by atoms with Gasteiger partial charge in [-0.15, -0.1) is 0 Å². The van der Waals surface area contributed by atoms with Gasteiger partial charge in [-0.25, -0.2) is 0 Å². The maximum Gasteiger partial charge on any atom is 0.425 e. The molecule has 0 saturated heterocycles. The van der Waals surface area contributed by atoms with Gasteiger partial charge in [0.2, 0.25) is 0 Å². The molecule has 1 aliphatic heterocycles. The van der Waals surface area contributed by atoms with E-state index in [-0.39, 0.29) is 11.4 Å². The predicted octanol–water partition coefficient (Wildman–Crippen LogP) is 2.37. The minimum atomic E-state index is -4.44. The van der Waals surface area contributed by atoms with Gasteiger partial charge >= 0.3 is 6.18 Å². The van der Waals surface area contributed by atoms with Crippen molar-refractivity contribution in [2.45, 2.75) is 19.2 Å². The topological polar surface area (TPSA) is 53.7 Å². The third kappa shape index (κ3) is 2.55. The van der Waals surface area contributed by atoms with Crippen molar-refractivity contribution in [3.8, 4) is 17.2 Å². The fourth-order valence-corrected chi connectivity index (χ4v) is 1.45. The zero-order valence-electron chi connectivity index (χ0n) is 9.58. The summed E-state index contributed by atoms with van der Waals surface area (Å²) in [4.78, 5) is 0. The number of halogens is 3. The van der Waals surface area contributed by atoms with Gasteiger partial charge < -0.3 is 19.9 Å². The molecule has 0 aliphatic carbocycles. The molecule has 0 saturated carbocycles. The molecule has 2 rings (SSSR count). The Bertz CT molecular complexity index is 448. The normalized spacial score (nSPS) is 16.2.